The minimum absolute atomic E-state index is 0.123. The zero-order valence-electron chi connectivity index (χ0n) is 8.10. The van der Waals surface area contributed by atoms with Gasteiger partial charge < -0.3 is 4.74 Å². The molecule has 1 radical (unpaired) electrons. The van der Waals surface area contributed by atoms with Crippen LogP contribution in [0.1, 0.15) is 17.3 Å². The van der Waals surface area contributed by atoms with Crippen molar-refractivity contribution in [1.29, 1.82) is 0 Å². The van der Waals surface area contributed by atoms with Gasteiger partial charge in [0.05, 0.1) is 18.8 Å². The fourth-order valence-electron chi connectivity index (χ4n) is 0.924. The Morgan fingerprint density at radius 1 is 1.36 bits per heavy atom. The number of benzene rings is 1. The van der Waals surface area contributed by atoms with E-state index >= 15 is 0 Å². The van der Waals surface area contributed by atoms with Crippen LogP contribution >= 0.6 is 0 Å². The Kier molecular flexibility index (Phi) is 4.13. The van der Waals surface area contributed by atoms with Gasteiger partial charge in [-0.2, -0.15) is 0 Å². The summed E-state index contributed by atoms with van der Waals surface area (Å²) in [5, 5.41) is 10.4. The van der Waals surface area contributed by atoms with E-state index in [1.54, 1.807) is 31.2 Å². The molecule has 1 unspecified atom stereocenters. The highest BCUT2D eigenvalue weighted by Gasteiger charge is 2.08. The molecule has 3 heteroatoms. The smallest absolute Gasteiger partial charge is 0.338 e. The van der Waals surface area contributed by atoms with Crippen molar-refractivity contribution >= 4 is 5.97 Å². The maximum atomic E-state index is 11.3. The Balaban J connectivity index is 2.44. The molecule has 0 aliphatic heterocycles. The minimum atomic E-state index is -0.370. The lowest BCUT2D eigenvalue weighted by molar-refractivity contribution is 0.0358. The van der Waals surface area contributed by atoms with Crippen LogP contribution in [0.2, 0.25) is 0 Å². The number of rotatable bonds is 4. The highest BCUT2D eigenvalue weighted by atomic mass is 16.5. The van der Waals surface area contributed by atoms with Crippen LogP contribution in [0.25, 0.3) is 0 Å². The summed E-state index contributed by atoms with van der Waals surface area (Å²) in [5.74, 6) is -0.492. The van der Waals surface area contributed by atoms with Crippen LogP contribution in [0.3, 0.4) is 0 Å². The second-order valence-corrected chi connectivity index (χ2v) is 3.24. The van der Waals surface area contributed by atoms with Crippen LogP contribution in [0, 0.1) is 5.92 Å². The topological polar surface area (TPSA) is 46.2 Å². The van der Waals surface area contributed by atoms with Gasteiger partial charge in [0, 0.05) is 5.92 Å². The summed E-state index contributed by atoms with van der Waals surface area (Å²) in [6, 6.07) is 8.74. The molecule has 0 saturated heterocycles. The molecule has 0 aliphatic rings. The number of carbonyl (C=O) groups excluding carboxylic acids is 1. The van der Waals surface area contributed by atoms with Crippen LogP contribution in [-0.4, -0.2) is 19.2 Å². The standard InChI is InChI=1S/C11H13O3/c1-9(7-12)8-14-11(13)10-5-3-2-4-6-10/h2-6,9H,7-8H2,1H3. The summed E-state index contributed by atoms with van der Waals surface area (Å²) in [5.41, 5.74) is 0.519. The van der Waals surface area contributed by atoms with Gasteiger partial charge in [-0.1, -0.05) is 25.1 Å². The molecule has 0 spiro atoms. The second kappa shape index (κ2) is 5.40. The van der Waals surface area contributed by atoms with Crippen LogP contribution in [0.4, 0.5) is 0 Å². The molecule has 0 bridgehead atoms. The summed E-state index contributed by atoms with van der Waals surface area (Å²) < 4.78 is 4.94. The Hall–Kier alpha value is -1.35. The second-order valence-electron chi connectivity index (χ2n) is 3.24. The van der Waals surface area contributed by atoms with E-state index in [2.05, 4.69) is 0 Å². The average molecular weight is 193 g/mol. The van der Waals surface area contributed by atoms with Crippen LogP contribution in [-0.2, 0) is 9.84 Å². The van der Waals surface area contributed by atoms with E-state index in [4.69, 9.17) is 4.74 Å². The van der Waals surface area contributed by atoms with Crippen molar-refractivity contribution in [3.8, 4) is 0 Å². The van der Waals surface area contributed by atoms with Crippen LogP contribution in [0.5, 0.6) is 0 Å². The first-order chi connectivity index (χ1) is 6.74. The zero-order chi connectivity index (χ0) is 10.4. The summed E-state index contributed by atoms with van der Waals surface area (Å²) in [6.07, 6.45) is 0. The number of esters is 1. The fraction of sp³-hybridized carbons (Fsp3) is 0.364. The molecular formula is C11H13O3. The number of hydrogen-bond donors (Lipinski definition) is 0. The first-order valence-electron chi connectivity index (χ1n) is 4.54. The van der Waals surface area contributed by atoms with Gasteiger partial charge in [-0.15, -0.1) is 0 Å². The molecule has 1 aromatic rings. The highest BCUT2D eigenvalue weighted by Crippen LogP contribution is 2.03. The molecule has 0 fully saturated rings. The molecule has 0 heterocycles. The number of ether oxygens (including phenoxy) is 1. The first kappa shape index (κ1) is 10.7. The maximum Gasteiger partial charge on any atom is 0.338 e. The minimum Gasteiger partial charge on any atom is -0.462 e. The first-order valence-corrected chi connectivity index (χ1v) is 4.54. The van der Waals surface area contributed by atoms with Crippen molar-refractivity contribution in [3.63, 3.8) is 0 Å². The zero-order valence-corrected chi connectivity index (χ0v) is 8.10. The van der Waals surface area contributed by atoms with E-state index < -0.39 is 0 Å². The lowest BCUT2D eigenvalue weighted by Gasteiger charge is -2.07. The monoisotopic (exact) mass is 193 g/mol. The average Bonchev–Trinajstić information content (AvgIpc) is 2.26. The van der Waals surface area contributed by atoms with Crippen molar-refractivity contribution in [2.45, 2.75) is 6.92 Å². The van der Waals surface area contributed by atoms with E-state index in [0.29, 0.717) is 5.56 Å². The highest BCUT2D eigenvalue weighted by molar-refractivity contribution is 5.89. The summed E-state index contributed by atoms with van der Waals surface area (Å²) >= 11 is 0. The number of hydrogen-bond acceptors (Lipinski definition) is 2. The molecule has 1 aromatic carbocycles. The van der Waals surface area contributed by atoms with E-state index in [1.807, 2.05) is 6.07 Å². The quantitative estimate of drug-likeness (QED) is 0.686. The van der Waals surface area contributed by atoms with Crippen molar-refractivity contribution in [1.82, 2.24) is 0 Å². The largest absolute Gasteiger partial charge is 0.462 e. The normalized spacial score (nSPS) is 12.1. The SMILES string of the molecule is CC(C[O])COC(=O)c1ccccc1. The predicted octanol–water partition coefficient (Wildman–Crippen LogP) is 1.91. The molecule has 1 atom stereocenters. The van der Waals surface area contributed by atoms with Crippen molar-refractivity contribution < 1.29 is 14.6 Å². The summed E-state index contributed by atoms with van der Waals surface area (Å²) in [7, 11) is 0. The van der Waals surface area contributed by atoms with Gasteiger partial charge in [0.25, 0.3) is 0 Å². The van der Waals surface area contributed by atoms with E-state index in [-0.39, 0.29) is 25.1 Å². The Labute approximate surface area is 83.3 Å². The van der Waals surface area contributed by atoms with Gasteiger partial charge in [0.15, 0.2) is 0 Å². The molecular weight excluding hydrogens is 180 g/mol. The Bertz CT molecular complexity index is 282. The summed E-state index contributed by atoms with van der Waals surface area (Å²) in [6.45, 7) is 1.73. The molecule has 1 rings (SSSR count). The maximum absolute atomic E-state index is 11.3. The van der Waals surface area contributed by atoms with Crippen LogP contribution < -0.4 is 0 Å². The van der Waals surface area contributed by atoms with Gasteiger partial charge in [-0.3, -0.25) is 0 Å². The fourth-order valence-corrected chi connectivity index (χ4v) is 0.924. The van der Waals surface area contributed by atoms with Crippen LogP contribution in [0.15, 0.2) is 30.3 Å². The van der Waals surface area contributed by atoms with Gasteiger partial charge in [-0.25, -0.2) is 9.90 Å². The molecule has 14 heavy (non-hydrogen) atoms. The summed E-state index contributed by atoms with van der Waals surface area (Å²) in [4.78, 5) is 11.3. The third kappa shape index (κ3) is 3.18. The van der Waals surface area contributed by atoms with Gasteiger partial charge in [0.2, 0.25) is 0 Å². The van der Waals surface area contributed by atoms with Gasteiger partial charge >= 0.3 is 5.97 Å². The third-order valence-corrected chi connectivity index (χ3v) is 1.79. The molecule has 0 N–H and O–H groups in total. The van der Waals surface area contributed by atoms with Gasteiger partial charge in [0.1, 0.15) is 0 Å². The number of carbonyl (C=O) groups is 1. The lowest BCUT2D eigenvalue weighted by Crippen LogP contribution is -2.14. The Morgan fingerprint density at radius 2 is 2.00 bits per heavy atom. The molecule has 0 aliphatic carbocycles. The van der Waals surface area contributed by atoms with E-state index in [0.717, 1.165) is 0 Å². The molecule has 0 amide bonds. The molecule has 0 saturated carbocycles. The molecule has 0 aromatic heterocycles. The van der Waals surface area contributed by atoms with Gasteiger partial charge in [-0.05, 0) is 12.1 Å². The Morgan fingerprint density at radius 3 is 2.57 bits per heavy atom. The van der Waals surface area contributed by atoms with Crippen molar-refractivity contribution in [2.75, 3.05) is 13.2 Å². The van der Waals surface area contributed by atoms with E-state index in [9.17, 15) is 9.90 Å². The third-order valence-electron chi connectivity index (χ3n) is 1.79. The predicted molar refractivity (Wildman–Crippen MR) is 51.4 cm³/mol. The molecule has 75 valence electrons. The van der Waals surface area contributed by atoms with Crippen molar-refractivity contribution in [2.24, 2.45) is 5.92 Å². The molecule has 3 nitrogen and oxygen atoms in total. The lowest BCUT2D eigenvalue weighted by atomic mass is 10.2. The van der Waals surface area contributed by atoms with Crippen molar-refractivity contribution in [3.05, 3.63) is 35.9 Å². The van der Waals surface area contributed by atoms with E-state index in [1.165, 1.54) is 0 Å².